The number of benzene rings is 2. The molecule has 2 aromatic rings. The summed E-state index contributed by atoms with van der Waals surface area (Å²) in [4.78, 5) is 12.0. The summed E-state index contributed by atoms with van der Waals surface area (Å²) < 4.78 is 0.671. The van der Waals surface area contributed by atoms with Gasteiger partial charge in [-0.1, -0.05) is 35.9 Å². The van der Waals surface area contributed by atoms with E-state index in [0.29, 0.717) is 20.6 Å². The van der Waals surface area contributed by atoms with Crippen LogP contribution in [-0.4, -0.2) is 11.0 Å². The fourth-order valence-corrected chi connectivity index (χ4v) is 2.19. The third-order valence-corrected chi connectivity index (χ3v) is 3.92. The lowest BCUT2D eigenvalue weighted by Crippen LogP contribution is -2.23. The number of amides is 1. The maximum absolute atomic E-state index is 12.0. The summed E-state index contributed by atoms with van der Waals surface area (Å²) in [6, 6.07) is 12.0. The molecule has 5 heteroatoms. The lowest BCUT2D eigenvalue weighted by molar-refractivity contribution is 0.0951. The number of carbonyl (C=O) groups is 1. The van der Waals surface area contributed by atoms with Gasteiger partial charge in [0.1, 0.15) is 5.75 Å². The van der Waals surface area contributed by atoms with Gasteiger partial charge in [0, 0.05) is 16.6 Å². The van der Waals surface area contributed by atoms with Crippen LogP contribution in [0.4, 0.5) is 0 Å². The number of phenolic OH excluding ortho intramolecular Hbond substituents is 1. The van der Waals surface area contributed by atoms with Crippen LogP contribution in [0.3, 0.4) is 0 Å². The minimum atomic E-state index is -0.283. The van der Waals surface area contributed by atoms with E-state index in [0.717, 1.165) is 0 Å². The zero-order chi connectivity index (χ0) is 13.8. The van der Waals surface area contributed by atoms with Gasteiger partial charge in [-0.2, -0.15) is 0 Å². The summed E-state index contributed by atoms with van der Waals surface area (Å²) in [6.45, 7) is 0.244. The van der Waals surface area contributed by atoms with Crippen LogP contribution in [-0.2, 0) is 6.54 Å². The van der Waals surface area contributed by atoms with Crippen molar-refractivity contribution < 1.29 is 9.90 Å². The molecule has 1 amide bonds. The van der Waals surface area contributed by atoms with E-state index < -0.39 is 0 Å². The van der Waals surface area contributed by atoms with E-state index in [1.807, 2.05) is 0 Å². The molecule has 2 N–H and O–H groups in total. The summed E-state index contributed by atoms with van der Waals surface area (Å²) in [5, 5.41) is 12.7. The maximum Gasteiger partial charge on any atom is 0.253 e. The third-order valence-electron chi connectivity index (χ3n) is 2.63. The predicted molar refractivity (Wildman–Crippen MR) is 78.4 cm³/mol. The molecule has 98 valence electrons. The van der Waals surface area contributed by atoms with E-state index in [2.05, 4.69) is 21.2 Å². The zero-order valence-electron chi connectivity index (χ0n) is 9.86. The SMILES string of the molecule is O=C(NCc1ccccc1O)c1cccc(Br)c1Cl. The molecule has 0 aromatic heterocycles. The molecule has 0 aliphatic heterocycles. The average molecular weight is 341 g/mol. The van der Waals surface area contributed by atoms with E-state index in [9.17, 15) is 9.90 Å². The van der Waals surface area contributed by atoms with Crippen molar-refractivity contribution in [2.75, 3.05) is 0 Å². The maximum atomic E-state index is 12.0. The van der Waals surface area contributed by atoms with Crippen molar-refractivity contribution in [3.05, 3.63) is 63.1 Å². The summed E-state index contributed by atoms with van der Waals surface area (Å²) in [7, 11) is 0. The highest BCUT2D eigenvalue weighted by Gasteiger charge is 2.12. The van der Waals surface area contributed by atoms with Gasteiger partial charge in [0.25, 0.3) is 5.91 Å². The molecule has 0 saturated heterocycles. The van der Waals surface area contributed by atoms with E-state index in [1.54, 1.807) is 42.5 Å². The normalized spacial score (nSPS) is 10.2. The molecule has 19 heavy (non-hydrogen) atoms. The average Bonchev–Trinajstić information content (AvgIpc) is 2.40. The molecule has 0 unspecified atom stereocenters. The molecule has 0 atom stereocenters. The molecular formula is C14H11BrClNO2. The van der Waals surface area contributed by atoms with Crippen molar-refractivity contribution in [2.45, 2.75) is 6.54 Å². The lowest BCUT2D eigenvalue weighted by atomic mass is 10.2. The topological polar surface area (TPSA) is 49.3 Å². The van der Waals surface area contributed by atoms with Crippen LogP contribution in [0, 0.1) is 0 Å². The Balaban J connectivity index is 2.10. The van der Waals surface area contributed by atoms with Crippen LogP contribution in [0.2, 0.25) is 5.02 Å². The van der Waals surface area contributed by atoms with Gasteiger partial charge in [-0.25, -0.2) is 0 Å². The monoisotopic (exact) mass is 339 g/mol. The summed E-state index contributed by atoms with van der Waals surface area (Å²) in [5.74, 6) is -0.127. The van der Waals surface area contributed by atoms with Crippen molar-refractivity contribution in [1.29, 1.82) is 0 Å². The first-order valence-electron chi connectivity index (χ1n) is 5.58. The first kappa shape index (κ1) is 13.9. The van der Waals surface area contributed by atoms with Gasteiger partial charge < -0.3 is 10.4 Å². The Morgan fingerprint density at radius 2 is 1.95 bits per heavy atom. The molecule has 0 bridgehead atoms. The fourth-order valence-electron chi connectivity index (χ4n) is 1.61. The Labute approximate surface area is 124 Å². The molecule has 0 radical (unpaired) electrons. The Kier molecular flexibility index (Phi) is 4.45. The third kappa shape index (κ3) is 3.28. The number of para-hydroxylation sites is 1. The molecule has 2 aromatic carbocycles. The first-order valence-corrected chi connectivity index (χ1v) is 6.76. The zero-order valence-corrected chi connectivity index (χ0v) is 12.2. The predicted octanol–water partition coefficient (Wildman–Crippen LogP) is 3.74. The minimum Gasteiger partial charge on any atom is -0.508 e. The number of carbonyl (C=O) groups excluding carboxylic acids is 1. The second kappa shape index (κ2) is 6.08. The van der Waals surface area contributed by atoms with Crippen LogP contribution in [0.25, 0.3) is 0 Å². The molecule has 0 saturated carbocycles. The number of hydrogen-bond donors (Lipinski definition) is 2. The van der Waals surface area contributed by atoms with Gasteiger partial charge in [-0.3, -0.25) is 4.79 Å². The Hall–Kier alpha value is -1.52. The highest BCUT2D eigenvalue weighted by atomic mass is 79.9. The molecule has 0 heterocycles. The highest BCUT2D eigenvalue weighted by Crippen LogP contribution is 2.26. The first-order chi connectivity index (χ1) is 9.09. The van der Waals surface area contributed by atoms with Crippen molar-refractivity contribution in [3.8, 4) is 5.75 Å². The van der Waals surface area contributed by atoms with Gasteiger partial charge in [0.05, 0.1) is 10.6 Å². The molecular weight excluding hydrogens is 330 g/mol. The van der Waals surface area contributed by atoms with Gasteiger partial charge in [-0.15, -0.1) is 0 Å². The van der Waals surface area contributed by atoms with Gasteiger partial charge in [-0.05, 0) is 34.1 Å². The van der Waals surface area contributed by atoms with Crippen LogP contribution in [0.5, 0.6) is 5.75 Å². The number of rotatable bonds is 3. The number of phenols is 1. The Bertz CT molecular complexity index is 616. The smallest absolute Gasteiger partial charge is 0.253 e. The number of hydrogen-bond acceptors (Lipinski definition) is 2. The van der Waals surface area contributed by atoms with Crippen molar-refractivity contribution >= 4 is 33.4 Å². The molecule has 0 spiro atoms. The lowest BCUT2D eigenvalue weighted by Gasteiger charge is -2.08. The summed E-state index contributed by atoms with van der Waals surface area (Å²) >= 11 is 9.31. The molecule has 0 aliphatic rings. The highest BCUT2D eigenvalue weighted by molar-refractivity contribution is 9.10. The summed E-state index contributed by atoms with van der Waals surface area (Å²) in [6.07, 6.45) is 0. The van der Waals surface area contributed by atoms with Crippen LogP contribution < -0.4 is 5.32 Å². The molecule has 0 fully saturated rings. The quantitative estimate of drug-likeness (QED) is 0.894. The van der Waals surface area contributed by atoms with Crippen molar-refractivity contribution in [1.82, 2.24) is 5.32 Å². The minimum absolute atomic E-state index is 0.156. The molecule has 0 aliphatic carbocycles. The van der Waals surface area contributed by atoms with E-state index >= 15 is 0 Å². The molecule has 3 nitrogen and oxygen atoms in total. The van der Waals surface area contributed by atoms with Crippen LogP contribution in [0.1, 0.15) is 15.9 Å². The van der Waals surface area contributed by atoms with Crippen LogP contribution in [0.15, 0.2) is 46.9 Å². The van der Waals surface area contributed by atoms with E-state index in [1.165, 1.54) is 0 Å². The second-order valence-corrected chi connectivity index (χ2v) is 5.15. The van der Waals surface area contributed by atoms with Gasteiger partial charge in [0.2, 0.25) is 0 Å². The summed E-state index contributed by atoms with van der Waals surface area (Å²) in [5.41, 5.74) is 1.05. The van der Waals surface area contributed by atoms with Gasteiger partial charge >= 0.3 is 0 Å². The van der Waals surface area contributed by atoms with Crippen LogP contribution >= 0.6 is 27.5 Å². The number of halogens is 2. The second-order valence-electron chi connectivity index (χ2n) is 3.91. The standard InChI is InChI=1S/C14H11BrClNO2/c15-11-6-3-5-10(13(11)16)14(19)17-8-9-4-1-2-7-12(9)18/h1-7,18H,8H2,(H,17,19). The fraction of sp³-hybridized carbons (Fsp3) is 0.0714. The van der Waals surface area contributed by atoms with Gasteiger partial charge in [0.15, 0.2) is 0 Å². The molecule has 2 rings (SSSR count). The number of aromatic hydroxyl groups is 1. The largest absolute Gasteiger partial charge is 0.508 e. The van der Waals surface area contributed by atoms with Crippen molar-refractivity contribution in [2.24, 2.45) is 0 Å². The van der Waals surface area contributed by atoms with E-state index in [-0.39, 0.29) is 18.2 Å². The Morgan fingerprint density at radius 3 is 2.68 bits per heavy atom. The number of nitrogens with one attached hydrogen (secondary N) is 1. The Morgan fingerprint density at radius 1 is 1.21 bits per heavy atom. The van der Waals surface area contributed by atoms with Crippen molar-refractivity contribution in [3.63, 3.8) is 0 Å². The van der Waals surface area contributed by atoms with E-state index in [4.69, 9.17) is 11.6 Å².